The standard InChI is InChI=1S/C17H13ClF2N6O2S/c18-7-1-2-11(28-16(19)20)8(3-7)13-10(5-23-26-13)24-15(27)9-4-22-6-12-14(9)25-17(21)29-12/h1-6,15-16,24,27H,(H2,21,25)(H,23,26). The third kappa shape index (κ3) is 3.92. The maximum atomic E-state index is 12.8. The summed E-state index contributed by atoms with van der Waals surface area (Å²) in [6.45, 7) is -3.02. The summed E-state index contributed by atoms with van der Waals surface area (Å²) >= 11 is 7.26. The number of aromatic nitrogens is 4. The number of halogens is 3. The van der Waals surface area contributed by atoms with Crippen LogP contribution in [0.5, 0.6) is 5.75 Å². The lowest BCUT2D eigenvalue weighted by Crippen LogP contribution is -2.11. The highest BCUT2D eigenvalue weighted by atomic mass is 35.5. The molecule has 8 nitrogen and oxygen atoms in total. The number of nitrogen functional groups attached to an aromatic ring is 1. The molecule has 150 valence electrons. The van der Waals surface area contributed by atoms with Crippen LogP contribution in [0.3, 0.4) is 0 Å². The molecular weight excluding hydrogens is 426 g/mol. The van der Waals surface area contributed by atoms with E-state index in [1.807, 2.05) is 0 Å². The number of nitrogens with one attached hydrogen (secondary N) is 2. The van der Waals surface area contributed by atoms with Crippen LogP contribution in [0.1, 0.15) is 11.8 Å². The van der Waals surface area contributed by atoms with Crippen LogP contribution >= 0.6 is 22.9 Å². The summed E-state index contributed by atoms with van der Waals surface area (Å²) in [5.41, 5.74) is 7.54. The normalized spacial score (nSPS) is 12.4. The van der Waals surface area contributed by atoms with Crippen LogP contribution in [0, 0.1) is 0 Å². The first-order valence-corrected chi connectivity index (χ1v) is 9.34. The second-order valence-electron chi connectivity index (χ2n) is 5.85. The quantitative estimate of drug-likeness (QED) is 0.335. The molecule has 0 aliphatic carbocycles. The number of hydrogen-bond donors (Lipinski definition) is 4. The minimum Gasteiger partial charge on any atom is -0.434 e. The van der Waals surface area contributed by atoms with Gasteiger partial charge in [-0.3, -0.25) is 10.1 Å². The number of alkyl halides is 2. The van der Waals surface area contributed by atoms with Crippen molar-refractivity contribution in [3.05, 3.63) is 47.4 Å². The zero-order valence-electron chi connectivity index (χ0n) is 14.4. The Bertz CT molecular complexity index is 1170. The zero-order chi connectivity index (χ0) is 20.5. The number of nitrogens with zero attached hydrogens (tertiary/aromatic N) is 3. The molecule has 29 heavy (non-hydrogen) atoms. The van der Waals surface area contributed by atoms with Gasteiger partial charge in [0.15, 0.2) is 11.4 Å². The fourth-order valence-corrected chi connectivity index (χ4v) is 3.72. The van der Waals surface area contributed by atoms with Gasteiger partial charge in [-0.15, -0.1) is 0 Å². The summed E-state index contributed by atoms with van der Waals surface area (Å²) in [5.74, 6) is -0.0952. The molecule has 5 N–H and O–H groups in total. The lowest BCUT2D eigenvalue weighted by Gasteiger charge is -2.16. The van der Waals surface area contributed by atoms with Crippen molar-refractivity contribution in [3.63, 3.8) is 0 Å². The minimum absolute atomic E-state index is 0.0952. The van der Waals surface area contributed by atoms with Crippen LogP contribution in [0.2, 0.25) is 5.02 Å². The smallest absolute Gasteiger partial charge is 0.387 e. The van der Waals surface area contributed by atoms with Gasteiger partial charge in [-0.2, -0.15) is 13.9 Å². The fraction of sp³-hybridized carbons (Fsp3) is 0.118. The van der Waals surface area contributed by atoms with Crippen LogP contribution in [-0.2, 0) is 0 Å². The number of aliphatic hydroxyl groups is 1. The molecule has 0 amide bonds. The van der Waals surface area contributed by atoms with Gasteiger partial charge in [0.25, 0.3) is 0 Å². The summed E-state index contributed by atoms with van der Waals surface area (Å²) in [4.78, 5) is 8.30. The molecule has 0 aliphatic rings. The van der Waals surface area contributed by atoms with Crippen molar-refractivity contribution < 1.29 is 18.6 Å². The summed E-state index contributed by atoms with van der Waals surface area (Å²) in [6, 6.07) is 4.21. The van der Waals surface area contributed by atoms with Crippen molar-refractivity contribution >= 4 is 44.0 Å². The number of nitrogens with two attached hydrogens (primary N) is 1. The van der Waals surface area contributed by atoms with Crippen LogP contribution in [-0.4, -0.2) is 31.9 Å². The van der Waals surface area contributed by atoms with Gasteiger partial charge in [0.2, 0.25) is 0 Å². The fourth-order valence-electron chi connectivity index (χ4n) is 2.81. The van der Waals surface area contributed by atoms with Crippen LogP contribution in [0.25, 0.3) is 21.5 Å². The van der Waals surface area contributed by atoms with E-state index in [1.54, 1.807) is 6.20 Å². The first-order valence-electron chi connectivity index (χ1n) is 8.15. The molecule has 0 saturated heterocycles. The second kappa shape index (κ2) is 7.78. The van der Waals surface area contributed by atoms with E-state index in [1.165, 1.54) is 41.9 Å². The van der Waals surface area contributed by atoms with E-state index in [9.17, 15) is 13.9 Å². The number of benzene rings is 1. The Kier molecular flexibility index (Phi) is 5.18. The van der Waals surface area contributed by atoms with Crippen molar-refractivity contribution in [2.24, 2.45) is 0 Å². The number of aliphatic hydroxyl groups excluding tert-OH is 1. The first-order chi connectivity index (χ1) is 13.9. The van der Waals surface area contributed by atoms with E-state index < -0.39 is 12.8 Å². The second-order valence-corrected chi connectivity index (χ2v) is 7.35. The molecule has 0 aliphatic heterocycles. The molecule has 1 aromatic carbocycles. The molecule has 3 heterocycles. The third-order valence-corrected chi connectivity index (χ3v) is 5.06. The highest BCUT2D eigenvalue weighted by molar-refractivity contribution is 7.22. The number of ether oxygens (including phenoxy) is 1. The Morgan fingerprint density at radius 2 is 2.10 bits per heavy atom. The number of thiazole rings is 1. The minimum atomic E-state index is -3.02. The molecule has 3 aromatic heterocycles. The van der Waals surface area contributed by atoms with Crippen molar-refractivity contribution in [1.29, 1.82) is 0 Å². The van der Waals surface area contributed by atoms with Gasteiger partial charge in [-0.25, -0.2) is 4.98 Å². The van der Waals surface area contributed by atoms with Crippen molar-refractivity contribution in [2.45, 2.75) is 12.8 Å². The van der Waals surface area contributed by atoms with Gasteiger partial charge in [-0.1, -0.05) is 22.9 Å². The molecule has 1 unspecified atom stereocenters. The summed E-state index contributed by atoms with van der Waals surface area (Å²) in [7, 11) is 0. The van der Waals surface area contributed by atoms with Crippen molar-refractivity contribution in [1.82, 2.24) is 20.2 Å². The van der Waals surface area contributed by atoms with E-state index in [-0.39, 0.29) is 11.3 Å². The Morgan fingerprint density at radius 1 is 1.28 bits per heavy atom. The van der Waals surface area contributed by atoms with E-state index >= 15 is 0 Å². The Balaban J connectivity index is 1.69. The average Bonchev–Trinajstić information content (AvgIpc) is 3.27. The third-order valence-electron chi connectivity index (χ3n) is 4.00. The summed E-state index contributed by atoms with van der Waals surface area (Å²) < 4.78 is 30.8. The molecule has 1 atom stereocenters. The Hall–Kier alpha value is -3.02. The predicted molar refractivity (Wildman–Crippen MR) is 106 cm³/mol. The molecule has 0 bridgehead atoms. The zero-order valence-corrected chi connectivity index (χ0v) is 16.0. The van der Waals surface area contributed by atoms with Crippen molar-refractivity contribution in [3.8, 4) is 17.0 Å². The lowest BCUT2D eigenvalue weighted by molar-refractivity contribution is -0.0494. The number of anilines is 2. The largest absolute Gasteiger partial charge is 0.434 e. The van der Waals surface area contributed by atoms with Gasteiger partial charge < -0.3 is 20.9 Å². The lowest BCUT2D eigenvalue weighted by atomic mass is 10.1. The highest BCUT2D eigenvalue weighted by Crippen LogP contribution is 2.37. The summed E-state index contributed by atoms with van der Waals surface area (Å²) in [6.07, 6.45) is 3.24. The first kappa shape index (κ1) is 19.3. The molecule has 4 aromatic rings. The number of fused-ring (bicyclic) bond motifs is 1. The average molecular weight is 439 g/mol. The summed E-state index contributed by atoms with van der Waals surface area (Å²) in [5, 5.41) is 20.9. The Morgan fingerprint density at radius 3 is 2.90 bits per heavy atom. The molecule has 0 spiro atoms. The number of H-pyrrole nitrogens is 1. The number of pyridine rings is 1. The van der Waals surface area contributed by atoms with Crippen LogP contribution < -0.4 is 15.8 Å². The van der Waals surface area contributed by atoms with E-state index in [4.69, 9.17) is 17.3 Å². The van der Waals surface area contributed by atoms with Gasteiger partial charge in [0.05, 0.1) is 27.8 Å². The molecule has 4 rings (SSSR count). The molecule has 12 heteroatoms. The number of rotatable bonds is 6. The monoisotopic (exact) mass is 438 g/mol. The van der Waals surface area contributed by atoms with E-state index in [2.05, 4.69) is 30.2 Å². The molecule has 0 fully saturated rings. The van der Waals surface area contributed by atoms with Crippen molar-refractivity contribution in [2.75, 3.05) is 11.1 Å². The highest BCUT2D eigenvalue weighted by Gasteiger charge is 2.20. The SMILES string of the molecule is Nc1nc2c(C(O)Nc3cn[nH]c3-c3cc(Cl)ccc3OC(F)F)cncc2s1. The Labute approximate surface area is 171 Å². The van der Waals surface area contributed by atoms with Crippen LogP contribution in [0.15, 0.2) is 36.8 Å². The predicted octanol–water partition coefficient (Wildman–Crippen LogP) is 4.02. The topological polar surface area (TPSA) is 122 Å². The van der Waals surface area contributed by atoms with Gasteiger partial charge in [0.1, 0.15) is 5.75 Å². The van der Waals surface area contributed by atoms with Gasteiger partial charge in [0, 0.05) is 28.5 Å². The molecule has 0 radical (unpaired) electrons. The maximum absolute atomic E-state index is 12.8. The number of aromatic amines is 1. The van der Waals surface area contributed by atoms with Gasteiger partial charge in [-0.05, 0) is 18.2 Å². The molecule has 0 saturated carbocycles. The maximum Gasteiger partial charge on any atom is 0.387 e. The van der Waals surface area contributed by atoms with Gasteiger partial charge >= 0.3 is 6.61 Å². The van der Waals surface area contributed by atoms with E-state index in [0.717, 1.165) is 4.70 Å². The van der Waals surface area contributed by atoms with Crippen LogP contribution in [0.4, 0.5) is 19.6 Å². The number of hydrogen-bond acceptors (Lipinski definition) is 8. The molecular formula is C17H13ClF2N6O2S. The van der Waals surface area contributed by atoms with E-state index in [0.29, 0.717) is 32.6 Å².